The van der Waals surface area contributed by atoms with Crippen LogP contribution in [-0.4, -0.2) is 38.7 Å². The fourth-order valence-corrected chi connectivity index (χ4v) is 3.42. The lowest BCUT2D eigenvalue weighted by atomic mass is 9.92. The number of nitrogens with one attached hydrogen (secondary N) is 1. The third kappa shape index (κ3) is 3.35. The third-order valence-corrected chi connectivity index (χ3v) is 4.81. The van der Waals surface area contributed by atoms with Crippen molar-refractivity contribution in [2.45, 2.75) is 24.8 Å². The minimum atomic E-state index is -2.91. The van der Waals surface area contributed by atoms with Crippen molar-refractivity contribution in [2.75, 3.05) is 25.2 Å². The van der Waals surface area contributed by atoms with Gasteiger partial charge in [0.25, 0.3) is 0 Å². The Bertz CT molecular complexity index is 541. The maximum atomic E-state index is 11.1. The molecule has 1 aliphatic rings. The molecule has 0 aromatic heterocycles. The topological polar surface area (TPSA) is 66.4 Å². The molecule has 4 nitrogen and oxygen atoms in total. The molecule has 0 bridgehead atoms. The number of hydrogen-bond donors (Lipinski definition) is 2. The van der Waals surface area contributed by atoms with Crippen molar-refractivity contribution in [3.63, 3.8) is 0 Å². The van der Waals surface area contributed by atoms with Gasteiger partial charge in [-0.3, -0.25) is 0 Å². The highest BCUT2D eigenvalue weighted by Crippen LogP contribution is 2.36. The van der Waals surface area contributed by atoms with Gasteiger partial charge >= 0.3 is 0 Å². The van der Waals surface area contributed by atoms with E-state index in [0.29, 0.717) is 13.0 Å². The maximum Gasteiger partial charge on any atom is 0.147 e. The highest BCUT2D eigenvalue weighted by molar-refractivity contribution is 7.90. The summed E-state index contributed by atoms with van der Waals surface area (Å²) in [6, 6.07) is 8.12. The van der Waals surface area contributed by atoms with Crippen LogP contribution in [0, 0.1) is 0 Å². The molecule has 5 heteroatoms. The summed E-state index contributed by atoms with van der Waals surface area (Å²) < 4.78 is 22.2. The summed E-state index contributed by atoms with van der Waals surface area (Å²) in [4.78, 5) is 0. The van der Waals surface area contributed by atoms with Crippen LogP contribution in [0.1, 0.15) is 24.0 Å². The van der Waals surface area contributed by atoms with Crippen molar-refractivity contribution in [1.82, 2.24) is 5.32 Å². The number of aliphatic hydroxyl groups excluding tert-OH is 1. The van der Waals surface area contributed by atoms with Crippen LogP contribution in [0.15, 0.2) is 24.3 Å². The van der Waals surface area contributed by atoms with Crippen LogP contribution in [0.5, 0.6) is 0 Å². The molecule has 0 radical (unpaired) electrons. The van der Waals surface area contributed by atoms with Crippen molar-refractivity contribution in [1.29, 1.82) is 0 Å². The van der Waals surface area contributed by atoms with Crippen molar-refractivity contribution >= 4 is 9.84 Å². The van der Waals surface area contributed by atoms with Crippen LogP contribution < -0.4 is 5.32 Å². The first-order valence-electron chi connectivity index (χ1n) is 6.59. The first kappa shape index (κ1) is 14.5. The van der Waals surface area contributed by atoms with E-state index < -0.39 is 15.4 Å². The number of aliphatic hydroxyl groups is 1. The monoisotopic (exact) mass is 283 g/mol. The molecule has 106 valence electrons. The zero-order chi connectivity index (χ0) is 13.9. The molecule has 0 heterocycles. The maximum absolute atomic E-state index is 11.1. The van der Waals surface area contributed by atoms with E-state index in [9.17, 15) is 13.5 Å². The van der Waals surface area contributed by atoms with Gasteiger partial charge in [-0.1, -0.05) is 24.3 Å². The van der Waals surface area contributed by atoms with Gasteiger partial charge in [0.15, 0.2) is 0 Å². The molecule has 0 amide bonds. The predicted molar refractivity (Wildman–Crippen MR) is 75.9 cm³/mol. The van der Waals surface area contributed by atoms with Gasteiger partial charge in [-0.2, -0.15) is 0 Å². The molecular formula is C14H21NO3S. The lowest BCUT2D eigenvalue weighted by Crippen LogP contribution is -2.44. The van der Waals surface area contributed by atoms with Crippen molar-refractivity contribution in [3.05, 3.63) is 35.4 Å². The van der Waals surface area contributed by atoms with E-state index in [1.807, 2.05) is 18.2 Å². The number of rotatable bonds is 6. The van der Waals surface area contributed by atoms with E-state index in [2.05, 4.69) is 11.4 Å². The van der Waals surface area contributed by atoms with Crippen LogP contribution in [0.25, 0.3) is 0 Å². The standard InChI is InChI=1S/C14H21NO3S/c1-19(17,18)10-4-9-15-14(11-16)8-7-12-5-2-3-6-13(12)14/h2-3,5-6,15-16H,4,7-11H2,1H3. The Morgan fingerprint density at radius 3 is 2.79 bits per heavy atom. The molecule has 0 aliphatic heterocycles. The normalized spacial score (nSPS) is 22.4. The summed E-state index contributed by atoms with van der Waals surface area (Å²) in [6.45, 7) is 0.644. The van der Waals surface area contributed by atoms with Gasteiger partial charge in [-0.05, 0) is 36.9 Å². The Kier molecular flexibility index (Phi) is 4.28. The summed E-state index contributed by atoms with van der Waals surface area (Å²) in [5.41, 5.74) is 2.03. The van der Waals surface area contributed by atoms with E-state index in [1.54, 1.807) is 0 Å². The number of aryl methyl sites for hydroxylation is 1. The molecule has 1 aromatic rings. The minimum Gasteiger partial charge on any atom is -0.394 e. The Morgan fingerprint density at radius 1 is 1.37 bits per heavy atom. The zero-order valence-corrected chi connectivity index (χ0v) is 12.0. The first-order valence-corrected chi connectivity index (χ1v) is 8.65. The van der Waals surface area contributed by atoms with Crippen LogP contribution >= 0.6 is 0 Å². The van der Waals surface area contributed by atoms with E-state index in [1.165, 1.54) is 11.8 Å². The predicted octanol–water partition coefficient (Wildman–Crippen LogP) is 0.845. The largest absolute Gasteiger partial charge is 0.394 e. The van der Waals surface area contributed by atoms with Crippen molar-refractivity contribution < 1.29 is 13.5 Å². The van der Waals surface area contributed by atoms with E-state index in [4.69, 9.17) is 0 Å². The average molecular weight is 283 g/mol. The molecular weight excluding hydrogens is 262 g/mol. The Balaban J connectivity index is 2.01. The van der Waals surface area contributed by atoms with Crippen LogP contribution in [-0.2, 0) is 21.8 Å². The molecule has 0 fully saturated rings. The highest BCUT2D eigenvalue weighted by Gasteiger charge is 2.37. The molecule has 0 saturated carbocycles. The van der Waals surface area contributed by atoms with Gasteiger partial charge in [0, 0.05) is 6.26 Å². The van der Waals surface area contributed by atoms with Gasteiger partial charge in [0.1, 0.15) is 9.84 Å². The molecule has 0 spiro atoms. The molecule has 1 aromatic carbocycles. The highest BCUT2D eigenvalue weighted by atomic mass is 32.2. The summed E-state index contributed by atoms with van der Waals surface area (Å²) in [5.74, 6) is 0.184. The second kappa shape index (κ2) is 5.61. The minimum absolute atomic E-state index is 0.0445. The second-order valence-corrected chi connectivity index (χ2v) is 7.57. The van der Waals surface area contributed by atoms with Crippen LogP contribution in [0.3, 0.4) is 0 Å². The number of sulfone groups is 1. The smallest absolute Gasteiger partial charge is 0.147 e. The number of fused-ring (bicyclic) bond motifs is 1. The SMILES string of the molecule is CS(=O)(=O)CCCNC1(CO)CCc2ccccc21. The molecule has 0 saturated heterocycles. The fraction of sp³-hybridized carbons (Fsp3) is 0.571. The number of hydrogen-bond acceptors (Lipinski definition) is 4. The van der Waals surface area contributed by atoms with Gasteiger partial charge in [0.2, 0.25) is 0 Å². The quantitative estimate of drug-likeness (QED) is 0.760. The van der Waals surface area contributed by atoms with Gasteiger partial charge in [-0.15, -0.1) is 0 Å². The number of benzene rings is 1. The van der Waals surface area contributed by atoms with Crippen molar-refractivity contribution in [3.8, 4) is 0 Å². The molecule has 1 unspecified atom stereocenters. The Hall–Kier alpha value is -0.910. The van der Waals surface area contributed by atoms with E-state index in [-0.39, 0.29) is 12.4 Å². The van der Waals surface area contributed by atoms with Gasteiger partial charge in [0.05, 0.1) is 17.9 Å². The summed E-state index contributed by atoms with van der Waals surface area (Å²) in [6.07, 6.45) is 3.64. The summed E-state index contributed by atoms with van der Waals surface area (Å²) >= 11 is 0. The lowest BCUT2D eigenvalue weighted by Gasteiger charge is -2.30. The summed E-state index contributed by atoms with van der Waals surface area (Å²) in [7, 11) is -2.91. The Labute approximate surface area is 114 Å². The average Bonchev–Trinajstić information content (AvgIpc) is 2.74. The second-order valence-electron chi connectivity index (χ2n) is 5.31. The fourth-order valence-electron chi connectivity index (χ4n) is 2.75. The van der Waals surface area contributed by atoms with Gasteiger partial charge in [-0.25, -0.2) is 8.42 Å². The molecule has 2 rings (SSSR count). The van der Waals surface area contributed by atoms with Crippen LogP contribution in [0.4, 0.5) is 0 Å². The molecule has 2 N–H and O–H groups in total. The zero-order valence-electron chi connectivity index (χ0n) is 11.2. The molecule has 19 heavy (non-hydrogen) atoms. The van der Waals surface area contributed by atoms with Crippen LogP contribution in [0.2, 0.25) is 0 Å². The lowest BCUT2D eigenvalue weighted by molar-refractivity contribution is 0.161. The first-order chi connectivity index (χ1) is 8.97. The third-order valence-electron chi connectivity index (χ3n) is 3.78. The Morgan fingerprint density at radius 2 is 2.11 bits per heavy atom. The van der Waals surface area contributed by atoms with Crippen molar-refractivity contribution in [2.24, 2.45) is 0 Å². The van der Waals surface area contributed by atoms with E-state index >= 15 is 0 Å². The van der Waals surface area contributed by atoms with E-state index in [0.717, 1.165) is 18.4 Å². The molecule has 1 atom stereocenters. The molecule has 1 aliphatic carbocycles. The summed E-state index contributed by atoms with van der Waals surface area (Å²) in [5, 5.41) is 13.1. The van der Waals surface area contributed by atoms with Gasteiger partial charge < -0.3 is 10.4 Å².